The number of benzene rings is 2. The lowest BCUT2D eigenvalue weighted by Gasteiger charge is -2.10. The summed E-state index contributed by atoms with van der Waals surface area (Å²) in [4.78, 5) is 29.4. The third-order valence-electron chi connectivity index (χ3n) is 4.35. The number of nitrogens with one attached hydrogen (secondary N) is 1. The second-order valence-corrected chi connectivity index (χ2v) is 7.62. The van der Waals surface area contributed by atoms with E-state index in [1.807, 2.05) is 6.92 Å². The molecule has 1 aromatic heterocycles. The predicted octanol–water partition coefficient (Wildman–Crippen LogP) is 4.59. The Morgan fingerprint density at radius 2 is 1.90 bits per heavy atom. The van der Waals surface area contributed by atoms with Crippen molar-refractivity contribution < 1.29 is 23.5 Å². The Hall–Kier alpha value is -3.30. The van der Waals surface area contributed by atoms with Gasteiger partial charge < -0.3 is 20.5 Å². The maximum atomic E-state index is 13.2. The van der Waals surface area contributed by atoms with E-state index in [4.69, 9.17) is 15.2 Å². The lowest BCUT2D eigenvalue weighted by atomic mass is 10.1. The molecule has 1 heterocycles. The number of ether oxygens (including phenoxy) is 2. The van der Waals surface area contributed by atoms with Crippen molar-refractivity contribution in [3.63, 3.8) is 0 Å². The third kappa shape index (κ3) is 5.44. The summed E-state index contributed by atoms with van der Waals surface area (Å²) in [5.41, 5.74) is 6.48. The first kappa shape index (κ1) is 22.4. The van der Waals surface area contributed by atoms with Gasteiger partial charge in [0, 0.05) is 5.56 Å². The zero-order valence-corrected chi connectivity index (χ0v) is 17.9. The van der Waals surface area contributed by atoms with Crippen LogP contribution in [0.2, 0.25) is 0 Å². The Kier molecular flexibility index (Phi) is 7.32. The molecule has 2 aromatic carbocycles. The average molecular weight is 444 g/mol. The molecule has 3 aromatic rings. The summed E-state index contributed by atoms with van der Waals surface area (Å²) in [6.07, 6.45) is 1.29. The number of para-hydroxylation sites is 1. The Morgan fingerprint density at radius 3 is 2.58 bits per heavy atom. The second kappa shape index (κ2) is 10.1. The van der Waals surface area contributed by atoms with E-state index in [0.29, 0.717) is 28.4 Å². The Balaban J connectivity index is 1.97. The quantitative estimate of drug-likeness (QED) is 0.494. The van der Waals surface area contributed by atoms with Gasteiger partial charge in [-0.2, -0.15) is 0 Å². The molecule has 0 aliphatic rings. The topological polar surface area (TPSA) is 104 Å². The fourth-order valence-electron chi connectivity index (χ4n) is 2.80. The normalized spacial score (nSPS) is 11.6. The van der Waals surface area contributed by atoms with Crippen molar-refractivity contribution in [1.82, 2.24) is 4.98 Å². The molecule has 0 saturated carbocycles. The highest BCUT2D eigenvalue weighted by molar-refractivity contribution is 7.19. The predicted molar refractivity (Wildman–Crippen MR) is 117 cm³/mol. The van der Waals surface area contributed by atoms with Crippen LogP contribution in [0.1, 0.15) is 30.3 Å². The second-order valence-electron chi connectivity index (χ2n) is 6.62. The van der Waals surface area contributed by atoms with E-state index in [9.17, 15) is 14.0 Å². The zero-order valence-electron chi connectivity index (χ0n) is 17.1. The molecule has 7 nitrogen and oxygen atoms in total. The fourth-order valence-corrected chi connectivity index (χ4v) is 3.79. The first-order valence-electron chi connectivity index (χ1n) is 9.61. The fraction of sp³-hybridized carbons (Fsp3) is 0.227. The molecule has 0 unspecified atom stereocenters. The van der Waals surface area contributed by atoms with E-state index in [1.165, 1.54) is 31.4 Å². The number of esters is 1. The van der Waals surface area contributed by atoms with Gasteiger partial charge in [-0.1, -0.05) is 36.8 Å². The zero-order chi connectivity index (χ0) is 22.4. The van der Waals surface area contributed by atoms with E-state index in [-0.39, 0.29) is 22.5 Å². The van der Waals surface area contributed by atoms with E-state index in [0.717, 1.165) is 17.8 Å². The number of hydrogen-bond donors (Lipinski definition) is 2. The molecule has 0 aliphatic heterocycles. The largest absolute Gasteiger partial charge is 0.464 e. The minimum Gasteiger partial charge on any atom is -0.464 e. The number of methoxy groups -OCH3 is 1. The highest BCUT2D eigenvalue weighted by atomic mass is 32.1. The maximum absolute atomic E-state index is 13.2. The lowest BCUT2D eigenvalue weighted by Crippen LogP contribution is -2.35. The molecule has 1 amide bonds. The van der Waals surface area contributed by atoms with Crippen molar-refractivity contribution in [2.45, 2.75) is 25.8 Å². The van der Waals surface area contributed by atoms with Gasteiger partial charge in [0.25, 0.3) is 0 Å². The number of thiazole rings is 1. The molecule has 162 valence electrons. The number of hydrogen-bond acceptors (Lipinski definition) is 7. The summed E-state index contributed by atoms with van der Waals surface area (Å²) in [6.45, 7) is 1.93. The minimum atomic E-state index is -0.673. The number of anilines is 1. The number of nitrogens with zero attached hydrogens (tertiary/aromatic N) is 1. The van der Waals surface area contributed by atoms with Crippen molar-refractivity contribution in [3.05, 3.63) is 60.0 Å². The number of nitrogens with two attached hydrogens (primary N) is 1. The van der Waals surface area contributed by atoms with Gasteiger partial charge in [0.1, 0.15) is 17.3 Å². The smallest absolute Gasteiger partial charge is 0.358 e. The van der Waals surface area contributed by atoms with Crippen LogP contribution >= 0.6 is 11.3 Å². The van der Waals surface area contributed by atoms with Gasteiger partial charge in [0.15, 0.2) is 10.8 Å². The Labute approximate surface area is 183 Å². The maximum Gasteiger partial charge on any atom is 0.358 e. The van der Waals surface area contributed by atoms with E-state index >= 15 is 0 Å². The van der Waals surface area contributed by atoms with Gasteiger partial charge in [-0.05, 0) is 42.8 Å². The monoisotopic (exact) mass is 443 g/mol. The van der Waals surface area contributed by atoms with Crippen LogP contribution in [0.5, 0.6) is 11.5 Å². The van der Waals surface area contributed by atoms with Gasteiger partial charge in [-0.3, -0.25) is 4.79 Å². The number of carbonyl (C=O) groups is 2. The molecule has 3 N–H and O–H groups in total. The van der Waals surface area contributed by atoms with E-state index in [2.05, 4.69) is 10.3 Å². The third-order valence-corrected chi connectivity index (χ3v) is 5.35. The van der Waals surface area contributed by atoms with Gasteiger partial charge >= 0.3 is 5.97 Å². The van der Waals surface area contributed by atoms with Crippen LogP contribution in [0, 0.1) is 5.82 Å². The molecule has 1 atom stereocenters. The van der Waals surface area contributed by atoms with Crippen LogP contribution in [-0.4, -0.2) is 30.0 Å². The summed E-state index contributed by atoms with van der Waals surface area (Å²) in [5, 5.41) is 2.89. The van der Waals surface area contributed by atoms with Gasteiger partial charge in [-0.25, -0.2) is 14.2 Å². The van der Waals surface area contributed by atoms with Crippen LogP contribution in [-0.2, 0) is 9.53 Å². The molecular weight excluding hydrogens is 421 g/mol. The number of halogens is 1. The van der Waals surface area contributed by atoms with E-state index in [1.54, 1.807) is 24.3 Å². The summed E-state index contributed by atoms with van der Waals surface area (Å²) < 4.78 is 24.0. The van der Waals surface area contributed by atoms with Crippen LogP contribution in [0.3, 0.4) is 0 Å². The highest BCUT2D eigenvalue weighted by Crippen LogP contribution is 2.40. The molecule has 0 bridgehead atoms. The summed E-state index contributed by atoms with van der Waals surface area (Å²) in [7, 11) is 1.25. The molecule has 0 spiro atoms. The molecular formula is C22H22FN3O4S. The van der Waals surface area contributed by atoms with E-state index < -0.39 is 12.0 Å². The van der Waals surface area contributed by atoms with Crippen molar-refractivity contribution >= 4 is 28.3 Å². The molecule has 0 aliphatic carbocycles. The molecule has 0 radical (unpaired) electrons. The van der Waals surface area contributed by atoms with Gasteiger partial charge in [0.2, 0.25) is 5.91 Å². The molecule has 31 heavy (non-hydrogen) atoms. The first-order valence-corrected chi connectivity index (χ1v) is 10.4. The van der Waals surface area contributed by atoms with Crippen molar-refractivity contribution in [3.8, 4) is 21.9 Å². The number of aromatic nitrogens is 1. The van der Waals surface area contributed by atoms with Crippen molar-refractivity contribution in [1.29, 1.82) is 0 Å². The van der Waals surface area contributed by atoms with Crippen LogP contribution in [0.25, 0.3) is 10.4 Å². The number of rotatable bonds is 8. The minimum absolute atomic E-state index is 0.0435. The molecule has 0 saturated heterocycles. The lowest BCUT2D eigenvalue weighted by molar-refractivity contribution is -0.117. The Morgan fingerprint density at radius 1 is 1.19 bits per heavy atom. The Bertz CT molecular complexity index is 1070. The first-order chi connectivity index (χ1) is 14.9. The molecule has 3 rings (SSSR count). The van der Waals surface area contributed by atoms with Crippen LogP contribution in [0.15, 0.2) is 48.5 Å². The SMILES string of the molecule is CCC[C@H](N)C(=O)Nc1nc(C(=O)OC)c(-c2ccccc2Oc2ccc(F)cc2)s1. The van der Waals surface area contributed by atoms with Crippen LogP contribution < -0.4 is 15.8 Å². The number of amides is 1. The van der Waals surface area contributed by atoms with Crippen LogP contribution in [0.4, 0.5) is 9.52 Å². The standard InChI is InChI=1S/C22H22FN3O4S/c1-3-6-16(24)20(27)26-22-25-18(21(28)29-2)19(31-22)15-7-4-5-8-17(15)30-14-11-9-13(23)10-12-14/h4-5,7-12,16H,3,6,24H2,1-2H3,(H,25,26,27)/t16-/m0/s1. The van der Waals surface area contributed by atoms with Crippen molar-refractivity contribution in [2.75, 3.05) is 12.4 Å². The highest BCUT2D eigenvalue weighted by Gasteiger charge is 2.24. The average Bonchev–Trinajstić information content (AvgIpc) is 3.18. The summed E-state index contributed by atoms with van der Waals surface area (Å²) >= 11 is 1.11. The molecule has 0 fully saturated rings. The van der Waals surface area contributed by atoms with Crippen molar-refractivity contribution in [2.24, 2.45) is 5.73 Å². The molecule has 9 heteroatoms. The summed E-state index contributed by atoms with van der Waals surface area (Å²) in [5.74, 6) is -0.547. The van der Waals surface area contributed by atoms with Gasteiger partial charge in [-0.15, -0.1) is 0 Å². The number of carbonyl (C=O) groups excluding carboxylic acids is 2. The van der Waals surface area contributed by atoms with Gasteiger partial charge in [0.05, 0.1) is 18.0 Å². The summed E-state index contributed by atoms with van der Waals surface area (Å²) in [6, 6.07) is 11.9.